The van der Waals surface area contributed by atoms with Crippen LogP contribution in [-0.2, 0) is 14.3 Å². The first-order valence-corrected chi connectivity index (χ1v) is 7.35. The van der Waals surface area contributed by atoms with Crippen molar-refractivity contribution in [2.45, 2.75) is 44.8 Å². The molecule has 1 atom stereocenters. The number of rotatable bonds is 7. The lowest BCUT2D eigenvalue weighted by Gasteiger charge is -2.24. The molecule has 0 aliphatic carbocycles. The number of ether oxygens (including phenoxy) is 1. The van der Waals surface area contributed by atoms with E-state index in [0.717, 1.165) is 5.75 Å². The molecular formula is C12H21NO4S. The van der Waals surface area contributed by atoms with Crippen LogP contribution < -0.4 is 5.32 Å². The van der Waals surface area contributed by atoms with E-state index in [9.17, 15) is 14.7 Å². The minimum Gasteiger partial charge on any atom is -0.479 e. The fraction of sp³-hybridized carbons (Fsp3) is 0.833. The van der Waals surface area contributed by atoms with Crippen LogP contribution in [0.25, 0.3) is 0 Å². The Balaban J connectivity index is 2.32. The van der Waals surface area contributed by atoms with Crippen LogP contribution in [0.15, 0.2) is 0 Å². The molecule has 1 aliphatic rings. The molecule has 104 valence electrons. The molecule has 18 heavy (non-hydrogen) atoms. The third-order valence-electron chi connectivity index (χ3n) is 2.81. The lowest BCUT2D eigenvalue weighted by atomic mass is 9.99. The van der Waals surface area contributed by atoms with Crippen molar-refractivity contribution in [2.24, 2.45) is 0 Å². The first kappa shape index (κ1) is 15.3. The number of carboxylic acids is 1. The molecule has 0 bridgehead atoms. The summed E-state index contributed by atoms with van der Waals surface area (Å²) < 4.78 is 5.33. The molecule has 1 fully saturated rings. The van der Waals surface area contributed by atoms with Crippen molar-refractivity contribution < 1.29 is 19.4 Å². The van der Waals surface area contributed by atoms with Gasteiger partial charge in [-0.15, -0.1) is 0 Å². The predicted molar refractivity (Wildman–Crippen MR) is 70.8 cm³/mol. The van der Waals surface area contributed by atoms with E-state index in [1.54, 1.807) is 11.8 Å². The highest BCUT2D eigenvalue weighted by Crippen LogP contribution is 2.28. The van der Waals surface area contributed by atoms with Crippen LogP contribution in [0.5, 0.6) is 0 Å². The first-order valence-electron chi connectivity index (χ1n) is 6.20. The molecular weight excluding hydrogens is 254 g/mol. The van der Waals surface area contributed by atoms with Gasteiger partial charge < -0.3 is 15.2 Å². The molecule has 6 heteroatoms. The van der Waals surface area contributed by atoms with Crippen LogP contribution in [0.3, 0.4) is 0 Å². The number of carbonyl (C=O) groups is 2. The molecule has 2 N–H and O–H groups in total. The lowest BCUT2D eigenvalue weighted by molar-refractivity contribution is -0.146. The van der Waals surface area contributed by atoms with Crippen molar-refractivity contribution >= 4 is 23.6 Å². The van der Waals surface area contributed by atoms with Crippen molar-refractivity contribution in [1.82, 2.24) is 5.32 Å². The Morgan fingerprint density at radius 3 is 2.72 bits per heavy atom. The van der Waals surface area contributed by atoms with E-state index in [0.29, 0.717) is 31.6 Å². The summed E-state index contributed by atoms with van der Waals surface area (Å²) in [6, 6.07) is 0. The van der Waals surface area contributed by atoms with Crippen LogP contribution >= 0.6 is 11.8 Å². The second-order valence-corrected chi connectivity index (χ2v) is 5.87. The minimum atomic E-state index is -1.05. The molecule has 1 saturated heterocycles. The van der Waals surface area contributed by atoms with Gasteiger partial charge in [0, 0.05) is 18.8 Å². The zero-order chi connectivity index (χ0) is 13.6. The van der Waals surface area contributed by atoms with E-state index < -0.39 is 11.5 Å². The van der Waals surface area contributed by atoms with E-state index >= 15 is 0 Å². The smallest absolute Gasteiger partial charge is 0.330 e. The lowest BCUT2D eigenvalue weighted by Crippen LogP contribution is -2.54. The van der Waals surface area contributed by atoms with Crippen molar-refractivity contribution in [3.05, 3.63) is 0 Å². The summed E-state index contributed by atoms with van der Waals surface area (Å²) >= 11 is 1.56. The highest BCUT2D eigenvalue weighted by atomic mass is 32.2. The predicted octanol–water partition coefficient (Wildman–Crippen LogP) is 1.27. The number of thioether (sulfide) groups is 1. The number of nitrogens with one attached hydrogen (secondary N) is 1. The summed E-state index contributed by atoms with van der Waals surface area (Å²) in [5.41, 5.74) is -1.05. The molecule has 1 rings (SSSR count). The summed E-state index contributed by atoms with van der Waals surface area (Å²) in [4.78, 5) is 22.9. The summed E-state index contributed by atoms with van der Waals surface area (Å²) in [5, 5.41) is 11.9. The summed E-state index contributed by atoms with van der Waals surface area (Å²) in [6.45, 7) is 4.41. The number of carboxylic acid groups (broad SMARTS) is 1. The second kappa shape index (κ2) is 6.99. The average Bonchev–Trinajstić information content (AvgIpc) is 2.74. The van der Waals surface area contributed by atoms with Crippen LogP contribution in [0, 0.1) is 0 Å². The third kappa shape index (κ3) is 4.49. The standard InChI is InChI=1S/C12H21NO4S/c1-9(2)17-6-3-4-10(14)13-12(11(15)16)5-7-18-8-12/h9H,3-8H2,1-2H3,(H,13,14)(H,15,16). The van der Waals surface area contributed by atoms with Gasteiger partial charge in [0.2, 0.25) is 5.91 Å². The number of carbonyl (C=O) groups excluding carboxylic acids is 1. The number of amides is 1. The maximum Gasteiger partial charge on any atom is 0.330 e. The maximum atomic E-state index is 11.7. The highest BCUT2D eigenvalue weighted by Gasteiger charge is 2.42. The monoisotopic (exact) mass is 275 g/mol. The van der Waals surface area contributed by atoms with Gasteiger partial charge in [0.05, 0.1) is 6.10 Å². The first-order chi connectivity index (χ1) is 8.46. The SMILES string of the molecule is CC(C)OCCCC(=O)NC1(C(=O)O)CCSC1. The Hall–Kier alpha value is -0.750. The van der Waals surface area contributed by atoms with Gasteiger partial charge in [0.25, 0.3) is 0 Å². The van der Waals surface area contributed by atoms with Crippen molar-refractivity contribution in [1.29, 1.82) is 0 Å². The van der Waals surface area contributed by atoms with Gasteiger partial charge in [-0.1, -0.05) is 0 Å². The van der Waals surface area contributed by atoms with E-state index in [-0.39, 0.29) is 12.0 Å². The Labute approximate surface area is 112 Å². The Morgan fingerprint density at radius 2 is 2.22 bits per heavy atom. The molecule has 0 spiro atoms. The molecule has 1 aliphatic heterocycles. The third-order valence-corrected chi connectivity index (χ3v) is 4.00. The van der Waals surface area contributed by atoms with E-state index in [1.807, 2.05) is 13.8 Å². The van der Waals surface area contributed by atoms with Gasteiger partial charge in [0.15, 0.2) is 0 Å². The number of hydrogen-bond acceptors (Lipinski definition) is 4. The van der Waals surface area contributed by atoms with E-state index in [4.69, 9.17) is 4.74 Å². The fourth-order valence-corrected chi connectivity index (χ4v) is 3.09. The molecule has 0 aromatic rings. The van der Waals surface area contributed by atoms with Gasteiger partial charge in [0.1, 0.15) is 5.54 Å². The van der Waals surface area contributed by atoms with Gasteiger partial charge in [-0.2, -0.15) is 11.8 Å². The fourth-order valence-electron chi connectivity index (χ4n) is 1.77. The van der Waals surface area contributed by atoms with Gasteiger partial charge in [-0.05, 0) is 32.4 Å². The molecule has 1 amide bonds. The zero-order valence-electron chi connectivity index (χ0n) is 10.9. The quantitative estimate of drug-likeness (QED) is 0.684. The number of aliphatic carboxylic acids is 1. The molecule has 1 heterocycles. The Kier molecular flexibility index (Phi) is 5.95. The van der Waals surface area contributed by atoms with Gasteiger partial charge in [-0.25, -0.2) is 4.79 Å². The average molecular weight is 275 g/mol. The Bertz CT molecular complexity index is 300. The molecule has 0 aromatic carbocycles. The normalized spacial score (nSPS) is 23.3. The Morgan fingerprint density at radius 1 is 1.50 bits per heavy atom. The van der Waals surface area contributed by atoms with Crippen molar-refractivity contribution in [3.8, 4) is 0 Å². The molecule has 5 nitrogen and oxygen atoms in total. The van der Waals surface area contributed by atoms with Gasteiger partial charge in [-0.3, -0.25) is 4.79 Å². The molecule has 0 radical (unpaired) electrons. The van der Waals surface area contributed by atoms with Crippen LogP contribution in [0.1, 0.15) is 33.1 Å². The molecule has 1 unspecified atom stereocenters. The van der Waals surface area contributed by atoms with Crippen LogP contribution in [0.4, 0.5) is 0 Å². The summed E-state index contributed by atoms with van der Waals surface area (Å²) in [5.74, 6) is 0.103. The van der Waals surface area contributed by atoms with Crippen molar-refractivity contribution in [2.75, 3.05) is 18.1 Å². The maximum absolute atomic E-state index is 11.7. The van der Waals surface area contributed by atoms with Crippen molar-refractivity contribution in [3.63, 3.8) is 0 Å². The second-order valence-electron chi connectivity index (χ2n) is 4.76. The zero-order valence-corrected chi connectivity index (χ0v) is 11.7. The largest absolute Gasteiger partial charge is 0.479 e. The van der Waals surface area contributed by atoms with E-state index in [1.165, 1.54) is 0 Å². The topological polar surface area (TPSA) is 75.6 Å². The highest BCUT2D eigenvalue weighted by molar-refractivity contribution is 7.99. The molecule has 0 aromatic heterocycles. The van der Waals surface area contributed by atoms with Crippen LogP contribution in [-0.4, -0.2) is 46.7 Å². The molecule has 0 saturated carbocycles. The van der Waals surface area contributed by atoms with Gasteiger partial charge >= 0.3 is 5.97 Å². The van der Waals surface area contributed by atoms with E-state index in [2.05, 4.69) is 5.32 Å². The van der Waals surface area contributed by atoms with Crippen LogP contribution in [0.2, 0.25) is 0 Å². The minimum absolute atomic E-state index is 0.157. The number of hydrogen-bond donors (Lipinski definition) is 2. The summed E-state index contributed by atoms with van der Waals surface area (Å²) in [6.07, 6.45) is 1.59. The summed E-state index contributed by atoms with van der Waals surface area (Å²) in [7, 11) is 0.